The van der Waals surface area contributed by atoms with Crippen LogP contribution in [0, 0.1) is 5.92 Å². The number of ether oxygens (including phenoxy) is 1. The summed E-state index contributed by atoms with van der Waals surface area (Å²) in [5.74, 6) is -0.843. The summed E-state index contributed by atoms with van der Waals surface area (Å²) in [5, 5.41) is 9.59. The first-order chi connectivity index (χ1) is 5.73. The van der Waals surface area contributed by atoms with Gasteiger partial charge < -0.3 is 9.84 Å². The van der Waals surface area contributed by atoms with Gasteiger partial charge in [0.2, 0.25) is 5.72 Å². The summed E-state index contributed by atoms with van der Waals surface area (Å²) in [7, 11) is 0. The molecule has 0 saturated heterocycles. The Morgan fingerprint density at radius 1 is 1.46 bits per heavy atom. The van der Waals surface area contributed by atoms with Crippen LogP contribution in [0.2, 0.25) is 0 Å². The van der Waals surface area contributed by atoms with E-state index in [-0.39, 0.29) is 5.92 Å². The highest BCUT2D eigenvalue weighted by molar-refractivity contribution is 5.79. The number of aliphatic hydroxyl groups is 1. The van der Waals surface area contributed by atoms with Crippen molar-refractivity contribution in [3.63, 3.8) is 0 Å². The number of hydrogen-bond acceptors (Lipinski definition) is 4. The van der Waals surface area contributed by atoms with Gasteiger partial charge in [0.25, 0.3) is 0 Å². The van der Waals surface area contributed by atoms with Crippen LogP contribution in [0.15, 0.2) is 0 Å². The quantitative estimate of drug-likeness (QED) is 0.484. The van der Waals surface area contributed by atoms with Gasteiger partial charge in [0.05, 0.1) is 0 Å². The maximum absolute atomic E-state index is 11.4. The Labute approximate surface area is 78.1 Å². The SMILES string of the molecule is CC(C)(C)OC(=O)C(N)(O)C1CC1. The Balaban J connectivity index is 2.56. The number of hydrogen-bond donors (Lipinski definition) is 2. The van der Waals surface area contributed by atoms with Crippen molar-refractivity contribution in [2.75, 3.05) is 0 Å². The average Bonchev–Trinajstić information content (AvgIpc) is 2.62. The molecular formula is C9H17NO3. The minimum absolute atomic E-state index is 0.123. The maximum Gasteiger partial charge on any atom is 0.354 e. The molecule has 0 spiro atoms. The van der Waals surface area contributed by atoms with Crippen LogP contribution >= 0.6 is 0 Å². The second-order valence-corrected chi connectivity index (χ2v) is 4.60. The van der Waals surface area contributed by atoms with Crippen molar-refractivity contribution in [1.29, 1.82) is 0 Å². The number of esters is 1. The fourth-order valence-electron chi connectivity index (χ4n) is 1.05. The molecule has 1 unspecified atom stereocenters. The van der Waals surface area contributed by atoms with E-state index in [1.807, 2.05) is 0 Å². The molecule has 0 radical (unpaired) electrons. The van der Waals surface area contributed by atoms with E-state index in [1.165, 1.54) is 0 Å². The fraction of sp³-hybridized carbons (Fsp3) is 0.889. The summed E-state index contributed by atoms with van der Waals surface area (Å²) in [5.41, 5.74) is 3.07. The van der Waals surface area contributed by atoms with Crippen LogP contribution in [0.1, 0.15) is 33.6 Å². The molecule has 1 atom stereocenters. The molecule has 76 valence electrons. The van der Waals surface area contributed by atoms with Gasteiger partial charge in [-0.2, -0.15) is 0 Å². The van der Waals surface area contributed by atoms with E-state index in [4.69, 9.17) is 10.5 Å². The highest BCUT2D eigenvalue weighted by Crippen LogP contribution is 2.37. The molecule has 13 heavy (non-hydrogen) atoms. The summed E-state index contributed by atoms with van der Waals surface area (Å²) in [4.78, 5) is 11.4. The van der Waals surface area contributed by atoms with Gasteiger partial charge in [-0.25, -0.2) is 4.79 Å². The summed E-state index contributed by atoms with van der Waals surface area (Å²) in [6.45, 7) is 5.23. The molecule has 0 aromatic carbocycles. The number of rotatable bonds is 2. The molecule has 3 N–H and O–H groups in total. The molecular weight excluding hydrogens is 170 g/mol. The van der Waals surface area contributed by atoms with Gasteiger partial charge in [-0.1, -0.05) is 0 Å². The van der Waals surface area contributed by atoms with Gasteiger partial charge >= 0.3 is 5.97 Å². The van der Waals surface area contributed by atoms with Gasteiger partial charge in [-0.3, -0.25) is 5.73 Å². The molecule has 0 aromatic heterocycles. The summed E-state index contributed by atoms with van der Waals surface area (Å²) >= 11 is 0. The standard InChI is InChI=1S/C9H17NO3/c1-8(2,3)13-7(11)9(10,12)6-4-5-6/h6,12H,4-5,10H2,1-3H3. The lowest BCUT2D eigenvalue weighted by molar-refractivity contribution is -0.179. The Morgan fingerprint density at radius 2 is 1.92 bits per heavy atom. The first kappa shape index (κ1) is 10.5. The lowest BCUT2D eigenvalue weighted by Gasteiger charge is -2.27. The zero-order chi connectivity index (χ0) is 10.3. The molecule has 1 fully saturated rings. The molecule has 0 aromatic rings. The average molecular weight is 187 g/mol. The number of carbonyl (C=O) groups is 1. The predicted molar refractivity (Wildman–Crippen MR) is 47.7 cm³/mol. The van der Waals surface area contributed by atoms with Crippen LogP contribution in [0.5, 0.6) is 0 Å². The summed E-state index contributed by atoms with van der Waals surface area (Å²) in [6.07, 6.45) is 1.60. The zero-order valence-corrected chi connectivity index (χ0v) is 8.33. The third kappa shape index (κ3) is 2.67. The van der Waals surface area contributed by atoms with E-state index in [2.05, 4.69) is 0 Å². The lowest BCUT2D eigenvalue weighted by atomic mass is 10.1. The van der Waals surface area contributed by atoms with E-state index in [0.29, 0.717) is 0 Å². The largest absolute Gasteiger partial charge is 0.457 e. The third-order valence-electron chi connectivity index (χ3n) is 1.93. The van der Waals surface area contributed by atoms with Crippen molar-refractivity contribution in [3.8, 4) is 0 Å². The lowest BCUT2D eigenvalue weighted by Crippen LogP contribution is -2.52. The van der Waals surface area contributed by atoms with Gasteiger partial charge in [0.1, 0.15) is 5.60 Å². The van der Waals surface area contributed by atoms with E-state index < -0.39 is 17.3 Å². The topological polar surface area (TPSA) is 72.5 Å². The Kier molecular flexibility index (Phi) is 2.38. The second-order valence-electron chi connectivity index (χ2n) is 4.60. The Morgan fingerprint density at radius 3 is 2.23 bits per heavy atom. The Bertz CT molecular complexity index is 213. The molecule has 1 saturated carbocycles. The monoisotopic (exact) mass is 187 g/mol. The van der Waals surface area contributed by atoms with Crippen molar-refractivity contribution >= 4 is 5.97 Å². The van der Waals surface area contributed by atoms with Gasteiger partial charge in [0, 0.05) is 5.92 Å². The van der Waals surface area contributed by atoms with Crippen molar-refractivity contribution in [2.24, 2.45) is 11.7 Å². The van der Waals surface area contributed by atoms with Crippen LogP contribution in [0.25, 0.3) is 0 Å². The Hall–Kier alpha value is -0.610. The molecule has 1 aliphatic carbocycles. The molecule has 0 bridgehead atoms. The molecule has 0 heterocycles. The molecule has 1 aliphatic rings. The van der Waals surface area contributed by atoms with Crippen LogP contribution in [0.3, 0.4) is 0 Å². The number of carbonyl (C=O) groups excluding carboxylic acids is 1. The van der Waals surface area contributed by atoms with Crippen LogP contribution in [0.4, 0.5) is 0 Å². The highest BCUT2D eigenvalue weighted by atomic mass is 16.6. The molecule has 0 amide bonds. The molecule has 4 nitrogen and oxygen atoms in total. The zero-order valence-electron chi connectivity index (χ0n) is 8.33. The first-order valence-electron chi connectivity index (χ1n) is 4.48. The van der Waals surface area contributed by atoms with Crippen molar-refractivity contribution in [2.45, 2.75) is 44.9 Å². The van der Waals surface area contributed by atoms with Crippen LogP contribution in [-0.4, -0.2) is 22.4 Å². The molecule has 0 aliphatic heterocycles. The third-order valence-corrected chi connectivity index (χ3v) is 1.93. The second kappa shape index (κ2) is 2.96. The van der Waals surface area contributed by atoms with Crippen molar-refractivity contribution in [3.05, 3.63) is 0 Å². The van der Waals surface area contributed by atoms with Crippen molar-refractivity contribution in [1.82, 2.24) is 0 Å². The fourth-order valence-corrected chi connectivity index (χ4v) is 1.05. The highest BCUT2D eigenvalue weighted by Gasteiger charge is 2.48. The summed E-state index contributed by atoms with van der Waals surface area (Å²) < 4.78 is 4.99. The van der Waals surface area contributed by atoms with Gasteiger partial charge in [-0.05, 0) is 33.6 Å². The number of nitrogens with two attached hydrogens (primary N) is 1. The van der Waals surface area contributed by atoms with E-state index in [9.17, 15) is 9.90 Å². The molecule has 4 heteroatoms. The van der Waals surface area contributed by atoms with Gasteiger partial charge in [0.15, 0.2) is 0 Å². The van der Waals surface area contributed by atoms with Crippen LogP contribution in [-0.2, 0) is 9.53 Å². The predicted octanol–water partition coefficient (Wildman–Crippen LogP) is 0.385. The maximum atomic E-state index is 11.4. The minimum Gasteiger partial charge on any atom is -0.457 e. The summed E-state index contributed by atoms with van der Waals surface area (Å²) in [6, 6.07) is 0. The van der Waals surface area contributed by atoms with Crippen molar-refractivity contribution < 1.29 is 14.6 Å². The first-order valence-corrected chi connectivity index (χ1v) is 4.48. The molecule has 1 rings (SSSR count). The van der Waals surface area contributed by atoms with E-state index >= 15 is 0 Å². The normalized spacial score (nSPS) is 22.2. The minimum atomic E-state index is -1.78. The van der Waals surface area contributed by atoms with Gasteiger partial charge in [-0.15, -0.1) is 0 Å². The smallest absolute Gasteiger partial charge is 0.354 e. The van der Waals surface area contributed by atoms with E-state index in [1.54, 1.807) is 20.8 Å². The van der Waals surface area contributed by atoms with E-state index in [0.717, 1.165) is 12.8 Å². The van der Waals surface area contributed by atoms with Crippen LogP contribution < -0.4 is 5.73 Å².